The van der Waals surface area contributed by atoms with Gasteiger partial charge in [-0.1, -0.05) is 20.8 Å². The third kappa shape index (κ3) is 4.53. The van der Waals surface area contributed by atoms with E-state index in [4.69, 9.17) is 5.73 Å². The van der Waals surface area contributed by atoms with Crippen molar-refractivity contribution in [3.63, 3.8) is 0 Å². The summed E-state index contributed by atoms with van der Waals surface area (Å²) >= 11 is 0. The summed E-state index contributed by atoms with van der Waals surface area (Å²) in [5.74, 6) is -10.4. The van der Waals surface area contributed by atoms with Crippen molar-refractivity contribution < 1.29 is 34.2 Å². The van der Waals surface area contributed by atoms with E-state index in [9.17, 15) is 34.2 Å². The highest BCUT2D eigenvalue weighted by Gasteiger charge is 2.69. The number of nitrogens with two attached hydrogens (primary N) is 1. The molecule has 0 saturated heterocycles. The zero-order valence-electron chi connectivity index (χ0n) is 24.2. The molecule has 0 heterocycles. The number of benzene rings is 1. The number of nitrogens with one attached hydrogen (secondary N) is 1. The van der Waals surface area contributed by atoms with Crippen LogP contribution in [0.5, 0.6) is 5.75 Å². The molecule has 11 heteroatoms. The minimum atomic E-state index is -2.73. The first-order chi connectivity index (χ1) is 18.4. The third-order valence-corrected chi connectivity index (χ3v) is 8.57. The molecule has 0 aromatic heterocycles. The number of aromatic hydroxyl groups is 1. The molecule has 6 atom stereocenters. The Labute approximate surface area is 234 Å². The van der Waals surface area contributed by atoms with Gasteiger partial charge in [0, 0.05) is 44.4 Å². The van der Waals surface area contributed by atoms with Crippen molar-refractivity contribution in [3.05, 3.63) is 22.8 Å². The Balaban J connectivity index is 1.83. The van der Waals surface area contributed by atoms with E-state index < -0.39 is 64.4 Å². The number of nitrogens with zero attached hydrogens (tertiary/aromatic N) is 2. The Hall–Kier alpha value is -3.15. The second-order valence-electron chi connectivity index (χ2n) is 13.1. The fourth-order valence-electron chi connectivity index (χ4n) is 6.81. The molecule has 4 rings (SSSR count). The normalized spacial score (nSPS) is 30.2. The number of Topliss-reactive ketones (excluding diaryl/α,β-unsaturated/α-hetero) is 4. The molecule has 2 fully saturated rings. The first-order valence-electron chi connectivity index (χ1n) is 13.5. The molecule has 0 spiro atoms. The van der Waals surface area contributed by atoms with Crippen LogP contribution >= 0.6 is 0 Å². The number of primary amides is 1. The lowest BCUT2D eigenvalue weighted by Crippen LogP contribution is -2.74. The largest absolute Gasteiger partial charge is 0.507 e. The molecule has 1 aromatic rings. The van der Waals surface area contributed by atoms with Crippen molar-refractivity contribution in [2.45, 2.75) is 51.8 Å². The van der Waals surface area contributed by atoms with E-state index in [1.54, 1.807) is 14.1 Å². The van der Waals surface area contributed by atoms with Gasteiger partial charge in [0.1, 0.15) is 5.75 Å². The minimum absolute atomic E-state index is 0.00496. The Morgan fingerprint density at radius 3 is 2.27 bits per heavy atom. The molecule has 0 radical (unpaired) electrons. The van der Waals surface area contributed by atoms with Crippen LogP contribution in [0.15, 0.2) is 6.07 Å². The average Bonchev–Trinajstić information content (AvgIpc) is 2.81. The molecule has 218 valence electrons. The number of amides is 1. The molecule has 2 saturated carbocycles. The maximum atomic E-state index is 14.0. The van der Waals surface area contributed by atoms with Gasteiger partial charge >= 0.3 is 0 Å². The predicted molar refractivity (Wildman–Crippen MR) is 147 cm³/mol. The van der Waals surface area contributed by atoms with Gasteiger partial charge in [-0.2, -0.15) is 0 Å². The van der Waals surface area contributed by atoms with E-state index in [0.29, 0.717) is 23.4 Å². The summed E-state index contributed by atoms with van der Waals surface area (Å²) in [6.45, 7) is 7.14. The van der Waals surface area contributed by atoms with Gasteiger partial charge in [-0.15, -0.1) is 0 Å². The number of phenols is 1. The molecule has 40 heavy (non-hydrogen) atoms. The van der Waals surface area contributed by atoms with Gasteiger partial charge in [0.2, 0.25) is 5.91 Å². The van der Waals surface area contributed by atoms with E-state index in [1.165, 1.54) is 4.90 Å². The van der Waals surface area contributed by atoms with Gasteiger partial charge in [-0.05, 0) is 49.9 Å². The number of hydrogen-bond donors (Lipinski definition) is 4. The summed E-state index contributed by atoms with van der Waals surface area (Å²) in [5, 5.41) is 26.3. The van der Waals surface area contributed by atoms with Gasteiger partial charge in [0.25, 0.3) is 0 Å². The maximum Gasteiger partial charge on any atom is 0.235 e. The molecule has 3 aliphatic rings. The van der Waals surface area contributed by atoms with Crippen molar-refractivity contribution in [3.8, 4) is 5.75 Å². The smallest absolute Gasteiger partial charge is 0.235 e. The highest BCUT2D eigenvalue weighted by molar-refractivity contribution is 6.32. The Morgan fingerprint density at radius 2 is 1.75 bits per heavy atom. The molecule has 5 N–H and O–H groups in total. The van der Waals surface area contributed by atoms with Gasteiger partial charge < -0.3 is 26.2 Å². The molecule has 11 nitrogen and oxygen atoms in total. The second-order valence-corrected chi connectivity index (χ2v) is 13.1. The summed E-state index contributed by atoms with van der Waals surface area (Å²) in [7, 11) is 6.77. The number of hydrogen-bond acceptors (Lipinski definition) is 10. The number of fused-ring (bicyclic) bond motifs is 3. The summed E-state index contributed by atoms with van der Waals surface area (Å²) in [6, 6.07) is 0.700. The summed E-state index contributed by atoms with van der Waals surface area (Å²) in [6.07, 6.45) is 0.245. The SMILES string of the molecule is CN(C)c1cc(CNCC(C)(C)C)c(O)c2c1C[C@H]1C[C@H]3[C@@H](N(C)C)C(=O)C(C(N)=O)C(=O)[C@@]3(O)C(=O)C1C2=O. The average molecular weight is 557 g/mol. The molecular formula is C29H40N4O7. The standard InChI is InChI=1S/C29H40N4O7/c1-28(2,3)12-31-11-14-10-17(32(4)5)15-8-13-9-16-21(33(6)7)24(36)20(27(30)39)26(38)29(16,40)25(37)18(13)23(35)19(15)22(14)34/h10,13,16,18,20-21,31,34,40H,8-9,11-12H2,1-7H3,(H2,30,39)/t13-,16-,18?,20?,21+,29-/m0/s1. The summed E-state index contributed by atoms with van der Waals surface area (Å²) < 4.78 is 0. The number of carbonyl (C=O) groups is 5. The highest BCUT2D eigenvalue weighted by atomic mass is 16.3. The van der Waals surface area contributed by atoms with Crippen LogP contribution in [0.25, 0.3) is 0 Å². The topological polar surface area (TPSA) is 170 Å². The van der Waals surface area contributed by atoms with Crippen molar-refractivity contribution in [1.82, 2.24) is 10.2 Å². The van der Waals surface area contributed by atoms with Gasteiger partial charge in [-0.25, -0.2) is 0 Å². The number of ketones is 4. The van der Waals surface area contributed by atoms with E-state index in [-0.39, 0.29) is 36.1 Å². The van der Waals surface area contributed by atoms with Crippen molar-refractivity contribution in [1.29, 1.82) is 0 Å². The zero-order valence-corrected chi connectivity index (χ0v) is 24.2. The van der Waals surface area contributed by atoms with Crippen LogP contribution in [0, 0.1) is 29.1 Å². The highest BCUT2D eigenvalue weighted by Crippen LogP contribution is 2.52. The van der Waals surface area contributed by atoms with Crippen LogP contribution in [0.1, 0.15) is 48.7 Å². The van der Waals surface area contributed by atoms with Crippen molar-refractivity contribution in [2.75, 3.05) is 39.6 Å². The van der Waals surface area contributed by atoms with E-state index in [1.807, 2.05) is 25.1 Å². The fourth-order valence-corrected chi connectivity index (χ4v) is 6.81. The van der Waals surface area contributed by atoms with Gasteiger partial charge in [-0.3, -0.25) is 28.9 Å². The van der Waals surface area contributed by atoms with Crippen LogP contribution in [0.2, 0.25) is 0 Å². The van der Waals surface area contributed by atoms with Crippen LogP contribution in [0.3, 0.4) is 0 Å². The molecular weight excluding hydrogens is 516 g/mol. The molecule has 1 amide bonds. The Morgan fingerprint density at radius 1 is 1.12 bits per heavy atom. The maximum absolute atomic E-state index is 14.0. The van der Waals surface area contributed by atoms with Crippen molar-refractivity contribution >= 4 is 34.7 Å². The minimum Gasteiger partial charge on any atom is -0.507 e. The lowest BCUT2D eigenvalue weighted by Gasteiger charge is -2.52. The first-order valence-corrected chi connectivity index (χ1v) is 13.5. The van der Waals surface area contributed by atoms with E-state index in [2.05, 4.69) is 26.1 Å². The number of likely N-dealkylation sites (N-methyl/N-ethyl adjacent to an activating group) is 1. The monoisotopic (exact) mass is 556 g/mol. The number of carbonyl (C=O) groups excluding carboxylic acids is 5. The number of anilines is 1. The number of aliphatic hydroxyl groups is 1. The number of rotatable bonds is 6. The van der Waals surface area contributed by atoms with Crippen LogP contribution in [-0.2, 0) is 32.1 Å². The Bertz CT molecular complexity index is 1300. The lowest BCUT2D eigenvalue weighted by molar-refractivity contribution is -0.181. The fraction of sp³-hybridized carbons (Fsp3) is 0.621. The molecule has 1 aromatic carbocycles. The number of phenolic OH excluding ortho intramolecular Hbond substituents is 1. The molecule has 2 unspecified atom stereocenters. The first kappa shape index (κ1) is 29.8. The molecule has 0 aliphatic heterocycles. The van der Waals surface area contributed by atoms with Crippen LogP contribution in [0.4, 0.5) is 5.69 Å². The predicted octanol–water partition coefficient (Wildman–Crippen LogP) is 0.0687. The van der Waals surface area contributed by atoms with Gasteiger partial charge in [0.05, 0.1) is 17.5 Å². The van der Waals surface area contributed by atoms with Crippen molar-refractivity contribution in [2.24, 2.45) is 34.8 Å². The third-order valence-electron chi connectivity index (χ3n) is 8.57. The van der Waals surface area contributed by atoms with Crippen LogP contribution in [-0.4, -0.2) is 90.5 Å². The quantitative estimate of drug-likeness (QED) is 0.352. The Kier molecular flexibility index (Phi) is 7.49. The molecule has 3 aliphatic carbocycles. The van der Waals surface area contributed by atoms with Crippen LogP contribution < -0.4 is 16.0 Å². The summed E-state index contributed by atoms with van der Waals surface area (Å²) in [5.41, 5.74) is 4.41. The van der Waals surface area contributed by atoms with Gasteiger partial charge in [0.15, 0.2) is 34.7 Å². The van der Waals surface area contributed by atoms with E-state index >= 15 is 0 Å². The second kappa shape index (κ2) is 10.0. The zero-order chi connectivity index (χ0) is 30.1. The van der Waals surface area contributed by atoms with E-state index in [0.717, 1.165) is 0 Å². The summed E-state index contributed by atoms with van der Waals surface area (Å²) in [4.78, 5) is 70.1. The lowest BCUT2D eigenvalue weighted by atomic mass is 9.52. The molecule has 0 bridgehead atoms.